The molecule has 1 aromatic rings. The predicted molar refractivity (Wildman–Crippen MR) is 56.6 cm³/mol. The number of aromatic nitrogens is 2. The molecular weight excluding hydrogens is 208 g/mol. The zero-order valence-electron chi connectivity index (χ0n) is 9.19. The van der Waals surface area contributed by atoms with E-state index in [-0.39, 0.29) is 6.03 Å². The van der Waals surface area contributed by atoms with Crippen molar-refractivity contribution in [2.24, 2.45) is 0 Å². The molecule has 1 aromatic heterocycles. The molecule has 0 aliphatic carbocycles. The van der Waals surface area contributed by atoms with E-state index in [9.17, 15) is 4.79 Å². The number of nitrogens with zero attached hydrogens (tertiary/aromatic N) is 3. The third kappa shape index (κ3) is 2.95. The van der Waals surface area contributed by atoms with E-state index in [2.05, 4.69) is 20.0 Å². The molecule has 6 nitrogen and oxygen atoms in total. The minimum atomic E-state index is -0.0355. The fourth-order valence-electron chi connectivity index (χ4n) is 1.81. The highest BCUT2D eigenvalue weighted by Gasteiger charge is 2.15. The van der Waals surface area contributed by atoms with Gasteiger partial charge in [-0.15, -0.1) is 0 Å². The minimum absolute atomic E-state index is 0.0355. The Morgan fingerprint density at radius 2 is 2.12 bits per heavy atom. The number of urea groups is 1. The van der Waals surface area contributed by atoms with Crippen molar-refractivity contribution in [2.45, 2.75) is 32.2 Å². The van der Waals surface area contributed by atoms with Crippen LogP contribution in [0, 0.1) is 0 Å². The first-order chi connectivity index (χ1) is 7.86. The molecule has 1 aliphatic rings. The summed E-state index contributed by atoms with van der Waals surface area (Å²) < 4.78 is 4.59. The highest BCUT2D eigenvalue weighted by atomic mass is 16.5. The van der Waals surface area contributed by atoms with E-state index < -0.39 is 0 Å². The van der Waals surface area contributed by atoms with Crippen LogP contribution in [0.2, 0.25) is 0 Å². The lowest BCUT2D eigenvalue weighted by atomic mass is 10.2. The summed E-state index contributed by atoms with van der Waals surface area (Å²) in [6.45, 7) is 2.02. The number of hydrogen-bond acceptors (Lipinski definition) is 4. The number of likely N-dealkylation sites (tertiary alicyclic amines) is 1. The Morgan fingerprint density at radius 3 is 2.75 bits per heavy atom. The summed E-state index contributed by atoms with van der Waals surface area (Å²) in [5.74, 6) is 0.503. The number of carbonyl (C=O) groups excluding carboxylic acids is 1. The molecule has 0 unspecified atom stereocenters. The Hall–Kier alpha value is -1.59. The van der Waals surface area contributed by atoms with Gasteiger partial charge in [0.05, 0.1) is 6.54 Å². The van der Waals surface area contributed by atoms with Crippen molar-refractivity contribution in [3.8, 4) is 0 Å². The Morgan fingerprint density at radius 1 is 1.38 bits per heavy atom. The fraction of sp³-hybridized carbons (Fsp3) is 0.700. The van der Waals surface area contributed by atoms with Crippen molar-refractivity contribution in [3.05, 3.63) is 12.2 Å². The standard InChI is InChI=1S/C10H16N4O2/c15-10(11-7-9-12-8-16-13-9)14-5-3-1-2-4-6-14/h8H,1-7H2,(H,11,15). The number of nitrogens with one attached hydrogen (secondary N) is 1. The maximum absolute atomic E-state index is 11.8. The Balaban J connectivity index is 1.78. The molecule has 0 spiro atoms. The number of amides is 2. The maximum Gasteiger partial charge on any atom is 0.317 e. The second kappa shape index (κ2) is 5.48. The molecule has 1 aliphatic heterocycles. The third-order valence-corrected chi connectivity index (χ3v) is 2.70. The van der Waals surface area contributed by atoms with E-state index in [1.54, 1.807) is 0 Å². The summed E-state index contributed by atoms with van der Waals surface area (Å²) in [5, 5.41) is 6.42. The van der Waals surface area contributed by atoms with Gasteiger partial charge < -0.3 is 14.7 Å². The molecule has 16 heavy (non-hydrogen) atoms. The molecule has 0 saturated carbocycles. The highest BCUT2D eigenvalue weighted by Crippen LogP contribution is 2.09. The smallest absolute Gasteiger partial charge is 0.317 e. The molecule has 6 heteroatoms. The van der Waals surface area contributed by atoms with Crippen LogP contribution in [0.4, 0.5) is 4.79 Å². The quantitative estimate of drug-likeness (QED) is 0.818. The Kier molecular flexibility index (Phi) is 3.74. The topological polar surface area (TPSA) is 71.3 Å². The average molecular weight is 224 g/mol. The van der Waals surface area contributed by atoms with Crippen LogP contribution < -0.4 is 5.32 Å². The normalized spacial score (nSPS) is 16.9. The molecule has 1 N–H and O–H groups in total. The van der Waals surface area contributed by atoms with Gasteiger partial charge in [-0.05, 0) is 12.8 Å². The van der Waals surface area contributed by atoms with Crippen LogP contribution in [-0.2, 0) is 6.54 Å². The molecule has 2 heterocycles. The molecule has 1 saturated heterocycles. The molecule has 2 amide bonds. The van der Waals surface area contributed by atoms with Crippen molar-refractivity contribution in [3.63, 3.8) is 0 Å². The average Bonchev–Trinajstić information content (AvgIpc) is 2.66. The summed E-state index contributed by atoms with van der Waals surface area (Å²) in [7, 11) is 0. The van der Waals surface area contributed by atoms with Gasteiger partial charge in [0.25, 0.3) is 0 Å². The summed E-state index contributed by atoms with van der Waals surface area (Å²) in [4.78, 5) is 17.5. The van der Waals surface area contributed by atoms with Crippen LogP contribution >= 0.6 is 0 Å². The van der Waals surface area contributed by atoms with Crippen LogP contribution in [0.5, 0.6) is 0 Å². The molecule has 0 radical (unpaired) electrons. The molecule has 1 fully saturated rings. The van der Waals surface area contributed by atoms with Crippen molar-refractivity contribution < 1.29 is 9.32 Å². The van der Waals surface area contributed by atoms with Gasteiger partial charge in [0.1, 0.15) is 0 Å². The SMILES string of the molecule is O=C(NCc1ncon1)N1CCCCCC1. The summed E-state index contributed by atoms with van der Waals surface area (Å²) in [5.41, 5.74) is 0. The minimum Gasteiger partial charge on any atom is -0.343 e. The zero-order valence-corrected chi connectivity index (χ0v) is 9.19. The van der Waals surface area contributed by atoms with Crippen LogP contribution in [0.25, 0.3) is 0 Å². The van der Waals surface area contributed by atoms with E-state index >= 15 is 0 Å². The van der Waals surface area contributed by atoms with Gasteiger partial charge in [0, 0.05) is 13.1 Å². The second-order valence-corrected chi connectivity index (χ2v) is 3.91. The highest BCUT2D eigenvalue weighted by molar-refractivity contribution is 5.74. The first-order valence-electron chi connectivity index (χ1n) is 5.64. The third-order valence-electron chi connectivity index (χ3n) is 2.70. The van der Waals surface area contributed by atoms with E-state index in [0.29, 0.717) is 12.4 Å². The summed E-state index contributed by atoms with van der Waals surface area (Å²) >= 11 is 0. The zero-order chi connectivity index (χ0) is 11.2. The number of rotatable bonds is 2. The lowest BCUT2D eigenvalue weighted by molar-refractivity contribution is 0.199. The van der Waals surface area contributed by atoms with Crippen LogP contribution in [0.3, 0.4) is 0 Å². The van der Waals surface area contributed by atoms with Crippen LogP contribution in [-0.4, -0.2) is 34.2 Å². The largest absolute Gasteiger partial charge is 0.343 e. The van der Waals surface area contributed by atoms with Gasteiger partial charge >= 0.3 is 6.03 Å². The number of carbonyl (C=O) groups is 1. The van der Waals surface area contributed by atoms with Gasteiger partial charge in [-0.2, -0.15) is 4.98 Å². The summed E-state index contributed by atoms with van der Waals surface area (Å²) in [6.07, 6.45) is 5.88. The van der Waals surface area contributed by atoms with E-state index in [4.69, 9.17) is 0 Å². The van der Waals surface area contributed by atoms with Gasteiger partial charge in [-0.25, -0.2) is 4.79 Å². The monoisotopic (exact) mass is 224 g/mol. The lowest BCUT2D eigenvalue weighted by Gasteiger charge is -2.20. The summed E-state index contributed by atoms with van der Waals surface area (Å²) in [6, 6.07) is -0.0355. The van der Waals surface area contributed by atoms with Gasteiger partial charge in [0.15, 0.2) is 5.82 Å². The van der Waals surface area contributed by atoms with E-state index in [1.807, 2.05) is 4.90 Å². The van der Waals surface area contributed by atoms with Crippen molar-refractivity contribution >= 4 is 6.03 Å². The predicted octanol–water partition coefficient (Wildman–Crippen LogP) is 1.16. The van der Waals surface area contributed by atoms with Crippen LogP contribution in [0.1, 0.15) is 31.5 Å². The van der Waals surface area contributed by atoms with Crippen molar-refractivity contribution in [2.75, 3.05) is 13.1 Å². The van der Waals surface area contributed by atoms with Crippen molar-refractivity contribution in [1.29, 1.82) is 0 Å². The van der Waals surface area contributed by atoms with Gasteiger partial charge in [0.2, 0.25) is 6.39 Å². The molecular formula is C10H16N4O2. The molecule has 0 aromatic carbocycles. The molecule has 2 rings (SSSR count). The van der Waals surface area contributed by atoms with E-state index in [1.165, 1.54) is 19.2 Å². The van der Waals surface area contributed by atoms with Gasteiger partial charge in [-0.1, -0.05) is 18.0 Å². The van der Waals surface area contributed by atoms with Gasteiger partial charge in [-0.3, -0.25) is 0 Å². The Labute approximate surface area is 94.0 Å². The first-order valence-corrected chi connectivity index (χ1v) is 5.64. The van der Waals surface area contributed by atoms with Crippen molar-refractivity contribution in [1.82, 2.24) is 20.4 Å². The maximum atomic E-state index is 11.8. The van der Waals surface area contributed by atoms with Crippen LogP contribution in [0.15, 0.2) is 10.9 Å². The number of hydrogen-bond donors (Lipinski definition) is 1. The first kappa shape index (κ1) is 10.9. The molecule has 88 valence electrons. The fourth-order valence-corrected chi connectivity index (χ4v) is 1.81. The lowest BCUT2D eigenvalue weighted by Crippen LogP contribution is -2.40. The second-order valence-electron chi connectivity index (χ2n) is 3.91. The van der Waals surface area contributed by atoms with E-state index in [0.717, 1.165) is 25.9 Å². The molecule has 0 atom stereocenters. The molecule has 0 bridgehead atoms. The Bertz CT molecular complexity index is 318.